The molecule has 2 aromatic rings. The summed E-state index contributed by atoms with van der Waals surface area (Å²) in [5, 5.41) is 4.82. The van der Waals surface area contributed by atoms with Gasteiger partial charge in [0.2, 0.25) is 0 Å². The third kappa shape index (κ3) is 5.44. The van der Waals surface area contributed by atoms with Crippen LogP contribution >= 0.6 is 12.2 Å². The molecular formula is C19H29N4O2S+. The molecule has 0 amide bonds. The number of nitrogens with zero attached hydrogens (tertiary/aromatic N) is 1. The predicted octanol–water partition coefficient (Wildman–Crippen LogP) is 0.768. The zero-order chi connectivity index (χ0) is 19.1. The molecule has 3 N–H and O–H groups in total. The minimum Gasteiger partial charge on any atom is -0.494 e. The number of thiocarbonyl (C=S) groups is 1. The van der Waals surface area contributed by atoms with Gasteiger partial charge in [-0.2, -0.15) is 0 Å². The van der Waals surface area contributed by atoms with E-state index >= 15 is 0 Å². The molecule has 142 valence electrons. The van der Waals surface area contributed by atoms with Crippen LogP contribution in [0.5, 0.6) is 5.75 Å². The average molecular weight is 378 g/mol. The Morgan fingerprint density at radius 1 is 1.31 bits per heavy atom. The molecule has 26 heavy (non-hydrogen) atoms. The Labute approximate surface area is 160 Å². The molecule has 0 fully saturated rings. The number of rotatable bonds is 8. The number of hydrogen-bond donors (Lipinski definition) is 3. The van der Waals surface area contributed by atoms with Crippen LogP contribution in [0.2, 0.25) is 0 Å². The molecule has 1 heterocycles. The van der Waals surface area contributed by atoms with Crippen molar-refractivity contribution in [3.05, 3.63) is 40.2 Å². The zero-order valence-electron chi connectivity index (χ0n) is 16.0. The van der Waals surface area contributed by atoms with E-state index in [1.54, 1.807) is 0 Å². The molecule has 0 atom stereocenters. The smallest absolute Gasteiger partial charge is 0.253 e. The van der Waals surface area contributed by atoms with Crippen molar-refractivity contribution in [1.29, 1.82) is 0 Å². The van der Waals surface area contributed by atoms with Crippen LogP contribution in [0.25, 0.3) is 10.9 Å². The first-order valence-electron chi connectivity index (χ1n) is 9.05. The first-order valence-corrected chi connectivity index (χ1v) is 9.46. The normalized spacial score (nSPS) is 11.0. The Balaban J connectivity index is 2.30. The summed E-state index contributed by atoms with van der Waals surface area (Å²) in [6, 6.07) is 7.63. The first-order chi connectivity index (χ1) is 12.4. The predicted molar refractivity (Wildman–Crippen MR) is 110 cm³/mol. The molecule has 1 aromatic carbocycles. The molecule has 7 heteroatoms. The molecule has 0 radical (unpaired) electrons. The highest BCUT2D eigenvalue weighted by Gasteiger charge is 2.14. The molecule has 0 aliphatic rings. The Morgan fingerprint density at radius 2 is 2.08 bits per heavy atom. The fourth-order valence-corrected chi connectivity index (χ4v) is 2.98. The van der Waals surface area contributed by atoms with E-state index in [4.69, 9.17) is 17.0 Å². The van der Waals surface area contributed by atoms with E-state index in [0.29, 0.717) is 23.8 Å². The standard InChI is InChI=1S/C19H28N4O2S/c1-5-20-19(26)23(10-9-22(3)4)13-15-11-14-12-16(25-6-2)7-8-17(14)21-18(15)24/h7-8,11-12H,5-6,9-10,13H2,1-4H3,(H,20,26)(H,21,24)/p+1. The second kappa shape index (κ2) is 9.54. The Bertz CT molecular complexity index is 804. The third-order valence-electron chi connectivity index (χ3n) is 4.06. The van der Waals surface area contributed by atoms with E-state index in [1.165, 1.54) is 4.90 Å². The van der Waals surface area contributed by atoms with E-state index in [-0.39, 0.29) is 5.56 Å². The molecule has 0 unspecified atom stereocenters. The van der Waals surface area contributed by atoms with Gasteiger partial charge in [0.25, 0.3) is 5.56 Å². The lowest BCUT2D eigenvalue weighted by Gasteiger charge is -2.26. The molecule has 2 rings (SSSR count). The summed E-state index contributed by atoms with van der Waals surface area (Å²) in [6.07, 6.45) is 0. The number of benzene rings is 1. The van der Waals surface area contributed by atoms with Crippen LogP contribution < -0.4 is 20.5 Å². The van der Waals surface area contributed by atoms with Crippen molar-refractivity contribution in [2.24, 2.45) is 0 Å². The maximum Gasteiger partial charge on any atom is 0.253 e. The van der Waals surface area contributed by atoms with E-state index in [9.17, 15) is 4.79 Å². The van der Waals surface area contributed by atoms with Crippen LogP contribution in [0.3, 0.4) is 0 Å². The number of pyridine rings is 1. The number of aromatic nitrogens is 1. The van der Waals surface area contributed by atoms with E-state index in [0.717, 1.165) is 36.3 Å². The summed E-state index contributed by atoms with van der Waals surface area (Å²) >= 11 is 5.49. The quantitative estimate of drug-likeness (QED) is 0.593. The molecule has 6 nitrogen and oxygen atoms in total. The maximum atomic E-state index is 12.5. The van der Waals surface area contributed by atoms with Gasteiger partial charge in [-0.1, -0.05) is 0 Å². The van der Waals surface area contributed by atoms with Crippen molar-refractivity contribution < 1.29 is 9.64 Å². The lowest BCUT2D eigenvalue weighted by molar-refractivity contribution is -0.857. The molecule has 0 aliphatic carbocycles. The number of nitrogens with one attached hydrogen (secondary N) is 3. The van der Waals surface area contributed by atoms with Crippen LogP contribution in [-0.4, -0.2) is 55.3 Å². The fourth-order valence-electron chi connectivity index (χ4n) is 2.68. The minimum absolute atomic E-state index is 0.0804. The average Bonchev–Trinajstić information content (AvgIpc) is 2.59. The number of hydrogen-bond acceptors (Lipinski definition) is 3. The maximum absolute atomic E-state index is 12.5. The summed E-state index contributed by atoms with van der Waals surface area (Å²) in [5.41, 5.74) is 1.42. The van der Waals surface area contributed by atoms with Crippen molar-refractivity contribution in [1.82, 2.24) is 15.2 Å². The number of quaternary nitrogens is 1. The van der Waals surface area contributed by atoms with Gasteiger partial charge in [-0.15, -0.1) is 0 Å². The Morgan fingerprint density at radius 3 is 2.73 bits per heavy atom. The molecule has 0 spiro atoms. The molecule has 0 bridgehead atoms. The highest BCUT2D eigenvalue weighted by molar-refractivity contribution is 7.80. The molecule has 1 aromatic heterocycles. The highest BCUT2D eigenvalue weighted by Crippen LogP contribution is 2.19. The lowest BCUT2D eigenvalue weighted by Crippen LogP contribution is -3.06. The van der Waals surface area contributed by atoms with Crippen LogP contribution in [0.1, 0.15) is 19.4 Å². The van der Waals surface area contributed by atoms with E-state index in [1.807, 2.05) is 38.1 Å². The molecule has 0 saturated heterocycles. The van der Waals surface area contributed by atoms with Gasteiger partial charge in [-0.3, -0.25) is 4.79 Å². The number of fused-ring (bicyclic) bond motifs is 1. The second-order valence-electron chi connectivity index (χ2n) is 6.52. The fraction of sp³-hybridized carbons (Fsp3) is 0.474. The Kier molecular flexibility index (Phi) is 7.41. The van der Waals surface area contributed by atoms with Gasteiger partial charge in [0.15, 0.2) is 5.11 Å². The van der Waals surface area contributed by atoms with Crippen molar-refractivity contribution >= 4 is 28.2 Å². The number of ether oxygens (including phenoxy) is 1. The highest BCUT2D eigenvalue weighted by atomic mass is 32.1. The van der Waals surface area contributed by atoms with Crippen molar-refractivity contribution in [2.45, 2.75) is 20.4 Å². The van der Waals surface area contributed by atoms with Gasteiger partial charge in [0.05, 0.1) is 40.3 Å². The second-order valence-corrected chi connectivity index (χ2v) is 6.91. The van der Waals surface area contributed by atoms with E-state index in [2.05, 4.69) is 29.3 Å². The van der Waals surface area contributed by atoms with Gasteiger partial charge in [-0.05, 0) is 50.3 Å². The van der Waals surface area contributed by atoms with Gasteiger partial charge in [0.1, 0.15) is 5.75 Å². The third-order valence-corrected chi connectivity index (χ3v) is 4.46. The van der Waals surface area contributed by atoms with Crippen LogP contribution in [-0.2, 0) is 6.54 Å². The lowest BCUT2D eigenvalue weighted by atomic mass is 10.1. The van der Waals surface area contributed by atoms with Crippen molar-refractivity contribution in [3.8, 4) is 5.75 Å². The largest absolute Gasteiger partial charge is 0.494 e. The van der Waals surface area contributed by atoms with Gasteiger partial charge in [-0.25, -0.2) is 0 Å². The van der Waals surface area contributed by atoms with Crippen molar-refractivity contribution in [3.63, 3.8) is 0 Å². The molecule has 0 saturated carbocycles. The number of aromatic amines is 1. The number of H-pyrrole nitrogens is 1. The van der Waals surface area contributed by atoms with Crippen LogP contribution in [0, 0.1) is 0 Å². The van der Waals surface area contributed by atoms with Gasteiger partial charge >= 0.3 is 0 Å². The minimum atomic E-state index is -0.0804. The van der Waals surface area contributed by atoms with Gasteiger partial charge < -0.3 is 24.8 Å². The Hall–Kier alpha value is -2.12. The summed E-state index contributed by atoms with van der Waals surface area (Å²) in [5.74, 6) is 0.800. The first kappa shape index (κ1) is 20.2. The monoisotopic (exact) mass is 377 g/mol. The molecular weight excluding hydrogens is 348 g/mol. The van der Waals surface area contributed by atoms with E-state index < -0.39 is 0 Å². The van der Waals surface area contributed by atoms with Crippen LogP contribution in [0.4, 0.5) is 0 Å². The topological polar surface area (TPSA) is 61.8 Å². The summed E-state index contributed by atoms with van der Waals surface area (Å²) in [7, 11) is 4.21. The zero-order valence-corrected chi connectivity index (χ0v) is 16.8. The van der Waals surface area contributed by atoms with Crippen molar-refractivity contribution in [2.75, 3.05) is 40.3 Å². The van der Waals surface area contributed by atoms with Crippen LogP contribution in [0.15, 0.2) is 29.1 Å². The summed E-state index contributed by atoms with van der Waals surface area (Å²) in [6.45, 7) is 7.53. The summed E-state index contributed by atoms with van der Waals surface area (Å²) < 4.78 is 5.56. The molecule has 0 aliphatic heterocycles. The SMILES string of the molecule is CCNC(=S)N(CC[NH+](C)C)Cc1cc2cc(OCC)ccc2[nH]c1=O. The number of likely N-dealkylation sites (N-methyl/N-ethyl adjacent to an activating group) is 1. The summed E-state index contributed by atoms with van der Waals surface area (Å²) in [4.78, 5) is 18.9. The van der Waals surface area contributed by atoms with Gasteiger partial charge in [0, 0.05) is 23.0 Å².